The number of carbonyl (C=O) groups excluding carboxylic acids is 1. The van der Waals surface area contributed by atoms with Crippen LogP contribution in [0.5, 0.6) is 0 Å². The molecule has 0 bridgehead atoms. The third kappa shape index (κ3) is 4.19. The number of nitrogens with one attached hydrogen (secondary N) is 2. The topological polar surface area (TPSA) is 66.9 Å². The zero-order valence-electron chi connectivity index (χ0n) is 16.6. The molecule has 5 rings (SSSR count). The minimum Gasteiger partial charge on any atom is -0.308 e. The van der Waals surface area contributed by atoms with Gasteiger partial charge in [-0.2, -0.15) is 0 Å². The summed E-state index contributed by atoms with van der Waals surface area (Å²) in [6, 6.07) is 21.1. The Morgan fingerprint density at radius 1 is 0.742 bits per heavy atom. The summed E-state index contributed by atoms with van der Waals surface area (Å²) >= 11 is 3.28. The van der Waals surface area contributed by atoms with Crippen LogP contribution in [0.3, 0.4) is 0 Å². The largest absolute Gasteiger partial charge is 0.323 e. The molecule has 2 N–H and O–H groups in total. The summed E-state index contributed by atoms with van der Waals surface area (Å²) in [6.45, 7) is 2.01. The van der Waals surface area contributed by atoms with E-state index in [1.165, 1.54) is 0 Å². The maximum absolute atomic E-state index is 12.4. The molecule has 5 aromatic rings. The molecule has 3 aromatic heterocycles. The van der Waals surface area contributed by atoms with Gasteiger partial charge in [-0.1, -0.05) is 29.8 Å². The summed E-state index contributed by atoms with van der Waals surface area (Å²) in [6.07, 6.45) is 0. The molecule has 7 heteroatoms. The van der Waals surface area contributed by atoms with Crippen LogP contribution in [-0.4, -0.2) is 16.0 Å². The number of benzene rings is 2. The second-order valence-electron chi connectivity index (χ2n) is 7.02. The first kappa shape index (κ1) is 19.4. The van der Waals surface area contributed by atoms with E-state index < -0.39 is 0 Å². The van der Waals surface area contributed by atoms with Gasteiger partial charge in [0.25, 0.3) is 0 Å². The quantitative estimate of drug-likeness (QED) is 0.314. The van der Waals surface area contributed by atoms with Gasteiger partial charge in [0.2, 0.25) is 0 Å². The standard InChI is InChI=1S/C24H18N4OS2/c1-15-6-8-16(9-7-15)25-24(29)26-17-10-11-18-19(14-17)28-23(21-5-3-13-31-21)22(27-18)20-4-2-12-30-20/h2-14H,1H3,(H2,25,26,29). The molecular weight excluding hydrogens is 424 g/mol. The van der Waals surface area contributed by atoms with Gasteiger partial charge < -0.3 is 10.6 Å². The van der Waals surface area contributed by atoms with Gasteiger partial charge in [-0.15, -0.1) is 22.7 Å². The molecule has 0 atom stereocenters. The second kappa shape index (κ2) is 8.29. The van der Waals surface area contributed by atoms with E-state index in [4.69, 9.17) is 9.97 Å². The van der Waals surface area contributed by atoms with Crippen molar-refractivity contribution < 1.29 is 4.79 Å². The molecule has 2 aromatic carbocycles. The molecule has 2 amide bonds. The van der Waals surface area contributed by atoms with E-state index in [1.54, 1.807) is 22.7 Å². The molecule has 0 saturated heterocycles. The Morgan fingerprint density at radius 2 is 1.32 bits per heavy atom. The van der Waals surface area contributed by atoms with Crippen molar-refractivity contribution in [2.75, 3.05) is 10.6 Å². The molecule has 31 heavy (non-hydrogen) atoms. The van der Waals surface area contributed by atoms with Gasteiger partial charge in [0.15, 0.2) is 0 Å². The lowest BCUT2D eigenvalue weighted by Crippen LogP contribution is -2.19. The van der Waals surface area contributed by atoms with Crippen LogP contribution in [0.15, 0.2) is 77.5 Å². The number of fused-ring (bicyclic) bond motifs is 1. The number of carbonyl (C=O) groups is 1. The normalized spacial score (nSPS) is 10.9. The molecule has 0 unspecified atom stereocenters. The highest BCUT2D eigenvalue weighted by Gasteiger charge is 2.15. The van der Waals surface area contributed by atoms with E-state index in [1.807, 2.05) is 72.3 Å². The Kier molecular flexibility index (Phi) is 5.19. The summed E-state index contributed by atoms with van der Waals surface area (Å²) in [4.78, 5) is 24.4. The van der Waals surface area contributed by atoms with E-state index in [9.17, 15) is 4.79 Å². The van der Waals surface area contributed by atoms with Gasteiger partial charge >= 0.3 is 6.03 Å². The van der Waals surface area contributed by atoms with Crippen molar-refractivity contribution >= 4 is 51.1 Å². The number of aromatic nitrogens is 2. The molecule has 5 nitrogen and oxygen atoms in total. The zero-order valence-corrected chi connectivity index (χ0v) is 18.3. The number of amides is 2. The predicted octanol–water partition coefficient (Wildman–Crippen LogP) is 7.04. The highest BCUT2D eigenvalue weighted by Crippen LogP contribution is 2.35. The number of aryl methyl sites for hydroxylation is 1. The van der Waals surface area contributed by atoms with Crippen molar-refractivity contribution in [2.45, 2.75) is 6.92 Å². The summed E-state index contributed by atoms with van der Waals surface area (Å²) in [5.74, 6) is 0. The first-order valence-corrected chi connectivity index (χ1v) is 11.5. The number of hydrogen-bond acceptors (Lipinski definition) is 5. The monoisotopic (exact) mass is 442 g/mol. The SMILES string of the molecule is Cc1ccc(NC(=O)Nc2ccc3nc(-c4cccs4)c(-c4cccs4)nc3c2)cc1. The number of rotatable bonds is 4. The molecule has 0 aliphatic rings. The zero-order chi connectivity index (χ0) is 21.2. The summed E-state index contributed by atoms with van der Waals surface area (Å²) in [5.41, 5.74) is 5.79. The highest BCUT2D eigenvalue weighted by molar-refractivity contribution is 7.14. The van der Waals surface area contributed by atoms with Crippen molar-refractivity contribution in [1.29, 1.82) is 0 Å². The van der Waals surface area contributed by atoms with Crippen molar-refractivity contribution in [1.82, 2.24) is 9.97 Å². The molecule has 0 fully saturated rings. The number of urea groups is 1. The van der Waals surface area contributed by atoms with E-state index >= 15 is 0 Å². The number of anilines is 2. The van der Waals surface area contributed by atoms with Gasteiger partial charge in [0, 0.05) is 11.4 Å². The fourth-order valence-corrected chi connectivity index (χ4v) is 4.66. The summed E-state index contributed by atoms with van der Waals surface area (Å²) in [5, 5.41) is 9.80. The van der Waals surface area contributed by atoms with Gasteiger partial charge in [-0.3, -0.25) is 0 Å². The molecular formula is C24H18N4OS2. The molecule has 0 spiro atoms. The Labute approximate surface area is 187 Å². The van der Waals surface area contributed by atoms with Crippen LogP contribution < -0.4 is 10.6 Å². The first-order chi connectivity index (χ1) is 15.2. The minimum absolute atomic E-state index is 0.301. The maximum Gasteiger partial charge on any atom is 0.323 e. The Bertz CT molecular complexity index is 1340. The van der Waals surface area contributed by atoms with Crippen LogP contribution in [-0.2, 0) is 0 Å². The highest BCUT2D eigenvalue weighted by atomic mass is 32.1. The smallest absolute Gasteiger partial charge is 0.308 e. The van der Waals surface area contributed by atoms with Crippen LogP contribution in [0.2, 0.25) is 0 Å². The van der Waals surface area contributed by atoms with E-state index in [-0.39, 0.29) is 6.03 Å². The Morgan fingerprint density at radius 3 is 1.94 bits per heavy atom. The molecule has 3 heterocycles. The maximum atomic E-state index is 12.4. The predicted molar refractivity (Wildman–Crippen MR) is 130 cm³/mol. The van der Waals surface area contributed by atoms with Crippen molar-refractivity contribution in [2.24, 2.45) is 0 Å². The van der Waals surface area contributed by atoms with Gasteiger partial charge in [-0.05, 0) is 60.1 Å². The average molecular weight is 443 g/mol. The van der Waals surface area contributed by atoms with Crippen molar-refractivity contribution in [3.05, 3.63) is 83.1 Å². The molecule has 0 aliphatic carbocycles. The number of nitrogens with zero attached hydrogens (tertiary/aromatic N) is 2. The van der Waals surface area contributed by atoms with Crippen LogP contribution in [0, 0.1) is 6.92 Å². The molecule has 152 valence electrons. The lowest BCUT2D eigenvalue weighted by atomic mass is 10.2. The minimum atomic E-state index is -0.301. The summed E-state index contributed by atoms with van der Waals surface area (Å²) < 4.78 is 0. The van der Waals surface area contributed by atoms with Gasteiger partial charge in [-0.25, -0.2) is 14.8 Å². The molecule has 0 radical (unpaired) electrons. The van der Waals surface area contributed by atoms with Crippen LogP contribution in [0.4, 0.5) is 16.2 Å². The van der Waals surface area contributed by atoms with E-state index in [2.05, 4.69) is 22.8 Å². The average Bonchev–Trinajstić information content (AvgIpc) is 3.49. The van der Waals surface area contributed by atoms with Crippen LogP contribution in [0.25, 0.3) is 32.2 Å². The van der Waals surface area contributed by atoms with Gasteiger partial charge in [0.1, 0.15) is 11.4 Å². The van der Waals surface area contributed by atoms with Crippen molar-refractivity contribution in [3.8, 4) is 21.1 Å². The van der Waals surface area contributed by atoms with E-state index in [0.717, 1.165) is 43.4 Å². The number of hydrogen-bond donors (Lipinski definition) is 2. The fourth-order valence-electron chi connectivity index (χ4n) is 3.23. The third-order valence-electron chi connectivity index (χ3n) is 4.74. The molecule has 0 aliphatic heterocycles. The fraction of sp³-hybridized carbons (Fsp3) is 0.0417. The Hall–Kier alpha value is -3.55. The second-order valence-corrected chi connectivity index (χ2v) is 8.92. The first-order valence-electron chi connectivity index (χ1n) is 9.70. The van der Waals surface area contributed by atoms with Crippen LogP contribution in [0.1, 0.15) is 5.56 Å². The molecule has 0 saturated carbocycles. The summed E-state index contributed by atoms with van der Waals surface area (Å²) in [7, 11) is 0. The van der Waals surface area contributed by atoms with E-state index in [0.29, 0.717) is 5.69 Å². The number of thiophene rings is 2. The van der Waals surface area contributed by atoms with Crippen LogP contribution >= 0.6 is 22.7 Å². The third-order valence-corrected chi connectivity index (χ3v) is 6.49. The Balaban J connectivity index is 1.47. The lowest BCUT2D eigenvalue weighted by Gasteiger charge is -2.10. The van der Waals surface area contributed by atoms with Crippen molar-refractivity contribution in [3.63, 3.8) is 0 Å². The lowest BCUT2D eigenvalue weighted by molar-refractivity contribution is 0.262. The van der Waals surface area contributed by atoms with Gasteiger partial charge in [0.05, 0.1) is 20.8 Å².